The Morgan fingerprint density at radius 2 is 1.82 bits per heavy atom. The third kappa shape index (κ3) is 3.98. The van der Waals surface area contributed by atoms with Gasteiger partial charge in [-0.25, -0.2) is 0 Å². The minimum Gasteiger partial charge on any atom is -0.507 e. The number of phenolic OH excluding ortho intramolecular Hbond substituents is 2. The lowest BCUT2D eigenvalue weighted by Gasteiger charge is -2.41. The first-order chi connectivity index (χ1) is 17.9. The zero-order valence-electron chi connectivity index (χ0n) is 20.8. The summed E-state index contributed by atoms with van der Waals surface area (Å²) in [5, 5.41) is 53.8. The van der Waals surface area contributed by atoms with Crippen molar-refractivity contribution in [2.75, 3.05) is 13.7 Å². The number of carbonyl (C=O) groups is 3. The monoisotopic (exact) mass is 528 g/mol. The van der Waals surface area contributed by atoms with Crippen molar-refractivity contribution in [1.29, 1.82) is 0 Å². The average molecular weight is 529 g/mol. The lowest BCUT2D eigenvalue weighted by molar-refractivity contribution is -0.318. The van der Waals surface area contributed by atoms with Gasteiger partial charge in [-0.05, 0) is 25.8 Å². The van der Waals surface area contributed by atoms with Crippen LogP contribution in [-0.4, -0.2) is 74.3 Å². The number of methoxy groups -OCH3 is 1. The van der Waals surface area contributed by atoms with Crippen molar-refractivity contribution in [2.45, 2.75) is 62.8 Å². The largest absolute Gasteiger partial charge is 0.507 e. The van der Waals surface area contributed by atoms with Crippen LogP contribution in [0.1, 0.15) is 81.7 Å². The van der Waals surface area contributed by atoms with Gasteiger partial charge in [0.05, 0.1) is 29.9 Å². The Kier molecular flexibility index (Phi) is 6.32. The number of aromatic hydroxyl groups is 2. The van der Waals surface area contributed by atoms with Gasteiger partial charge in [0, 0.05) is 36.0 Å². The van der Waals surface area contributed by atoms with E-state index < -0.39 is 83.2 Å². The predicted octanol–water partition coefficient (Wildman–Crippen LogP) is 1.41. The van der Waals surface area contributed by atoms with E-state index in [4.69, 9.17) is 14.2 Å². The summed E-state index contributed by atoms with van der Waals surface area (Å²) in [7, 11) is 1.33. The van der Waals surface area contributed by atoms with Crippen molar-refractivity contribution in [1.82, 2.24) is 0 Å². The molecule has 3 aliphatic rings. The molecule has 1 fully saturated rings. The van der Waals surface area contributed by atoms with Gasteiger partial charge in [0.15, 0.2) is 23.6 Å². The second kappa shape index (κ2) is 9.14. The Bertz CT molecular complexity index is 1360. The molecule has 1 saturated heterocycles. The summed E-state index contributed by atoms with van der Waals surface area (Å²) in [6.07, 6.45) is -2.11. The Labute approximate surface area is 217 Å². The van der Waals surface area contributed by atoms with Crippen LogP contribution in [0.2, 0.25) is 0 Å². The SMILES string of the molecule is COc1cccc2c1C(=O)c1c(O)c3c(c(O)c1C2=O)C[C@@](O)(C(=O)CO)C[C@@H]3OC1CCCC(C)(O)O1. The molecule has 0 spiro atoms. The number of hydrogen-bond acceptors (Lipinski definition) is 11. The average Bonchev–Trinajstić information content (AvgIpc) is 2.87. The van der Waals surface area contributed by atoms with Gasteiger partial charge < -0.3 is 39.7 Å². The molecule has 1 aliphatic heterocycles. The van der Waals surface area contributed by atoms with E-state index in [0.29, 0.717) is 19.3 Å². The highest BCUT2D eigenvalue weighted by Gasteiger charge is 2.50. The van der Waals surface area contributed by atoms with E-state index >= 15 is 0 Å². The van der Waals surface area contributed by atoms with Crippen LogP contribution in [0, 0.1) is 0 Å². The number of rotatable bonds is 5. The van der Waals surface area contributed by atoms with Crippen LogP contribution in [0.3, 0.4) is 0 Å². The summed E-state index contributed by atoms with van der Waals surface area (Å²) in [6, 6.07) is 4.38. The molecule has 2 aromatic rings. The molecule has 1 heterocycles. The molecule has 2 aliphatic carbocycles. The number of benzene rings is 2. The van der Waals surface area contributed by atoms with E-state index in [1.165, 1.54) is 32.2 Å². The maximum Gasteiger partial charge on any atom is 0.202 e. The minimum absolute atomic E-state index is 0.0420. The van der Waals surface area contributed by atoms with Crippen LogP contribution in [0.15, 0.2) is 18.2 Å². The van der Waals surface area contributed by atoms with Crippen molar-refractivity contribution in [3.05, 3.63) is 51.6 Å². The van der Waals surface area contributed by atoms with Crippen LogP contribution in [0.25, 0.3) is 0 Å². The molecule has 11 heteroatoms. The second-order valence-electron chi connectivity index (χ2n) is 10.1. The van der Waals surface area contributed by atoms with E-state index in [0.717, 1.165) is 0 Å². The summed E-state index contributed by atoms with van der Waals surface area (Å²) in [5.74, 6) is -5.19. The minimum atomic E-state index is -2.22. The smallest absolute Gasteiger partial charge is 0.202 e. The highest BCUT2D eigenvalue weighted by Crippen LogP contribution is 2.52. The molecule has 202 valence electrons. The van der Waals surface area contributed by atoms with E-state index in [1.807, 2.05) is 0 Å². The maximum atomic E-state index is 13.6. The number of ether oxygens (including phenoxy) is 3. The van der Waals surface area contributed by atoms with Crippen LogP contribution in [-0.2, 0) is 20.7 Å². The molecular weight excluding hydrogens is 500 g/mol. The molecule has 2 unspecified atom stereocenters. The number of hydrogen-bond donors (Lipinski definition) is 5. The molecule has 0 aromatic heterocycles. The summed E-state index contributed by atoms with van der Waals surface area (Å²) in [5.41, 5.74) is -3.52. The molecule has 0 saturated carbocycles. The van der Waals surface area contributed by atoms with E-state index in [-0.39, 0.29) is 28.0 Å². The van der Waals surface area contributed by atoms with Crippen molar-refractivity contribution in [3.63, 3.8) is 0 Å². The predicted molar refractivity (Wildman–Crippen MR) is 128 cm³/mol. The van der Waals surface area contributed by atoms with Gasteiger partial charge in [-0.2, -0.15) is 0 Å². The van der Waals surface area contributed by atoms with Crippen LogP contribution in [0.5, 0.6) is 17.2 Å². The number of aliphatic hydroxyl groups is 3. The van der Waals surface area contributed by atoms with E-state index in [2.05, 4.69) is 0 Å². The lowest BCUT2D eigenvalue weighted by atomic mass is 9.72. The van der Waals surface area contributed by atoms with E-state index in [9.17, 15) is 39.9 Å². The third-order valence-electron chi connectivity index (χ3n) is 7.52. The zero-order chi connectivity index (χ0) is 27.6. The first-order valence-corrected chi connectivity index (χ1v) is 12.2. The van der Waals surface area contributed by atoms with Gasteiger partial charge in [0.2, 0.25) is 5.78 Å². The molecule has 5 rings (SSSR count). The molecule has 0 radical (unpaired) electrons. The first kappa shape index (κ1) is 26.3. The second-order valence-corrected chi connectivity index (χ2v) is 10.1. The fourth-order valence-electron chi connectivity index (χ4n) is 5.67. The number of ketones is 3. The normalized spacial score (nSPS) is 28.3. The summed E-state index contributed by atoms with van der Waals surface area (Å²) in [4.78, 5) is 39.7. The Morgan fingerprint density at radius 1 is 1.11 bits per heavy atom. The van der Waals surface area contributed by atoms with Gasteiger partial charge >= 0.3 is 0 Å². The standard InChI is InChI=1S/C27H28O11/c1-26(34)8-4-7-17(38-26)37-15-10-27(35,16(29)11-28)9-13-19(15)25(33)21-20(23(13)31)22(30)12-5-3-6-14(36-2)18(12)24(21)32/h3,5-6,15,17,28,31,33-35H,4,7-11H2,1-2H3/t15-,17?,26?,27-/m0/s1. The highest BCUT2D eigenvalue weighted by molar-refractivity contribution is 6.31. The number of carbonyl (C=O) groups excluding carboxylic acids is 3. The summed E-state index contributed by atoms with van der Waals surface area (Å²) >= 11 is 0. The van der Waals surface area contributed by atoms with E-state index in [1.54, 1.807) is 0 Å². The van der Waals surface area contributed by atoms with Gasteiger partial charge in [-0.3, -0.25) is 14.4 Å². The topological polar surface area (TPSA) is 180 Å². The fraction of sp³-hybridized carbons (Fsp3) is 0.444. The van der Waals surface area contributed by atoms with Crippen molar-refractivity contribution in [3.8, 4) is 17.2 Å². The molecule has 0 amide bonds. The molecular formula is C27H28O11. The van der Waals surface area contributed by atoms with Crippen LogP contribution in [0.4, 0.5) is 0 Å². The Morgan fingerprint density at radius 3 is 2.47 bits per heavy atom. The summed E-state index contributed by atoms with van der Waals surface area (Å²) < 4.78 is 16.9. The molecule has 4 atom stereocenters. The van der Waals surface area contributed by atoms with Gasteiger partial charge in [-0.15, -0.1) is 0 Å². The number of phenols is 2. The lowest BCUT2D eigenvalue weighted by Crippen LogP contribution is -2.48. The van der Waals surface area contributed by atoms with Gasteiger partial charge in [-0.1, -0.05) is 12.1 Å². The molecule has 0 bridgehead atoms. The Hall–Kier alpha value is -3.35. The van der Waals surface area contributed by atoms with Gasteiger partial charge in [0.1, 0.15) is 29.5 Å². The maximum absolute atomic E-state index is 13.6. The van der Waals surface area contributed by atoms with Crippen LogP contribution < -0.4 is 4.74 Å². The van der Waals surface area contributed by atoms with Crippen LogP contribution >= 0.6 is 0 Å². The van der Waals surface area contributed by atoms with Gasteiger partial charge in [0.25, 0.3) is 0 Å². The first-order valence-electron chi connectivity index (χ1n) is 12.2. The molecule has 11 nitrogen and oxygen atoms in total. The van der Waals surface area contributed by atoms with Crippen molar-refractivity contribution >= 4 is 17.3 Å². The number of fused-ring (bicyclic) bond motifs is 3. The number of aliphatic hydroxyl groups excluding tert-OH is 1. The van der Waals surface area contributed by atoms with Crippen molar-refractivity contribution in [2.24, 2.45) is 0 Å². The molecule has 2 aromatic carbocycles. The molecule has 5 N–H and O–H groups in total. The zero-order valence-corrected chi connectivity index (χ0v) is 20.8. The fourth-order valence-corrected chi connectivity index (χ4v) is 5.67. The molecule has 38 heavy (non-hydrogen) atoms. The number of Topliss-reactive ketones (excluding diaryl/α,β-unsaturated/α-hetero) is 1. The quantitative estimate of drug-likeness (QED) is 0.302. The Balaban J connectivity index is 1.70. The van der Waals surface area contributed by atoms with Crippen molar-refractivity contribution < 1.29 is 54.1 Å². The summed E-state index contributed by atoms with van der Waals surface area (Å²) in [6.45, 7) is 0.452. The highest BCUT2D eigenvalue weighted by atomic mass is 16.7. The third-order valence-corrected chi connectivity index (χ3v) is 7.52.